The highest BCUT2D eigenvalue weighted by Crippen LogP contribution is 2.29. The van der Waals surface area contributed by atoms with Crippen LogP contribution in [0.1, 0.15) is 40.0 Å². The van der Waals surface area contributed by atoms with E-state index in [1.807, 2.05) is 6.92 Å². The van der Waals surface area contributed by atoms with E-state index in [2.05, 4.69) is 24.1 Å². The van der Waals surface area contributed by atoms with Crippen LogP contribution in [0.2, 0.25) is 0 Å². The van der Waals surface area contributed by atoms with Crippen LogP contribution < -0.4 is 20.3 Å². The smallest absolute Gasteiger partial charge is 0.261 e. The van der Waals surface area contributed by atoms with Crippen LogP contribution in [0.25, 0.3) is 10.9 Å². The topological polar surface area (TPSA) is 82.5 Å². The molecule has 1 aromatic carbocycles. The summed E-state index contributed by atoms with van der Waals surface area (Å²) >= 11 is 0. The van der Waals surface area contributed by atoms with Crippen molar-refractivity contribution in [3.8, 4) is 11.5 Å². The van der Waals surface area contributed by atoms with Gasteiger partial charge in [-0.25, -0.2) is 4.98 Å². The van der Waals surface area contributed by atoms with Gasteiger partial charge in [-0.2, -0.15) is 0 Å². The first-order valence-electron chi connectivity index (χ1n) is 9.26. The third-order valence-corrected chi connectivity index (χ3v) is 4.47. The fourth-order valence-electron chi connectivity index (χ4n) is 2.98. The maximum atomic E-state index is 12.7. The molecule has 0 spiro atoms. The Bertz CT molecular complexity index is 845. The Morgan fingerprint density at radius 1 is 1.15 bits per heavy atom. The lowest BCUT2D eigenvalue weighted by molar-refractivity contribution is -0.122. The third-order valence-electron chi connectivity index (χ3n) is 4.47. The Balaban J connectivity index is 2.11. The predicted molar refractivity (Wildman–Crippen MR) is 105 cm³/mol. The van der Waals surface area contributed by atoms with Crippen molar-refractivity contribution in [3.63, 3.8) is 0 Å². The number of aromatic nitrogens is 2. The van der Waals surface area contributed by atoms with Crippen molar-refractivity contribution in [2.75, 3.05) is 14.2 Å². The molecule has 148 valence electrons. The quantitative estimate of drug-likeness (QED) is 0.729. The zero-order valence-electron chi connectivity index (χ0n) is 16.7. The van der Waals surface area contributed by atoms with Crippen molar-refractivity contribution in [3.05, 3.63) is 28.8 Å². The maximum absolute atomic E-state index is 12.7. The Morgan fingerprint density at radius 2 is 1.81 bits per heavy atom. The molecule has 2 aromatic rings. The second-order valence-corrected chi connectivity index (χ2v) is 7.20. The molecule has 0 radical (unpaired) electrons. The zero-order chi connectivity index (χ0) is 20.0. The molecule has 1 aromatic heterocycles. The number of carbonyl (C=O) groups is 1. The average molecular weight is 375 g/mol. The molecule has 0 saturated carbocycles. The van der Waals surface area contributed by atoms with E-state index in [1.54, 1.807) is 12.1 Å². The third kappa shape index (κ3) is 5.45. The number of methoxy groups -OCH3 is 2. The highest BCUT2D eigenvalue weighted by molar-refractivity contribution is 5.82. The number of hydrogen-bond donors (Lipinski definition) is 1. The maximum Gasteiger partial charge on any atom is 0.261 e. The lowest BCUT2D eigenvalue weighted by Gasteiger charge is -2.15. The van der Waals surface area contributed by atoms with Gasteiger partial charge in [0.2, 0.25) is 5.91 Å². The Labute approximate surface area is 159 Å². The van der Waals surface area contributed by atoms with E-state index in [1.165, 1.54) is 25.1 Å². The van der Waals surface area contributed by atoms with Crippen molar-refractivity contribution < 1.29 is 14.3 Å². The van der Waals surface area contributed by atoms with Crippen LogP contribution in [0.3, 0.4) is 0 Å². The summed E-state index contributed by atoms with van der Waals surface area (Å²) in [6, 6.07) is 3.31. The lowest BCUT2D eigenvalue weighted by atomic mass is 10.0. The molecule has 0 saturated heterocycles. The van der Waals surface area contributed by atoms with Crippen LogP contribution in [0, 0.1) is 5.92 Å². The van der Waals surface area contributed by atoms with Gasteiger partial charge in [0.25, 0.3) is 5.56 Å². The molecular formula is C20H29N3O4. The molecule has 27 heavy (non-hydrogen) atoms. The number of nitrogens with zero attached hydrogens (tertiary/aromatic N) is 2. The molecule has 0 aliphatic heterocycles. The molecule has 7 nitrogen and oxygen atoms in total. The Kier molecular flexibility index (Phi) is 7.21. The SMILES string of the molecule is COc1cc2ncn(CC(=O)N[C@H](C)CCCC(C)C)c(=O)c2cc1OC. The summed E-state index contributed by atoms with van der Waals surface area (Å²) in [4.78, 5) is 29.3. The van der Waals surface area contributed by atoms with Crippen LogP contribution in [-0.2, 0) is 11.3 Å². The highest BCUT2D eigenvalue weighted by Gasteiger charge is 2.14. The number of carbonyl (C=O) groups excluding carboxylic acids is 1. The van der Waals surface area contributed by atoms with E-state index in [9.17, 15) is 9.59 Å². The highest BCUT2D eigenvalue weighted by atomic mass is 16.5. The van der Waals surface area contributed by atoms with E-state index in [4.69, 9.17) is 9.47 Å². The summed E-state index contributed by atoms with van der Waals surface area (Å²) < 4.78 is 11.8. The number of hydrogen-bond acceptors (Lipinski definition) is 5. The van der Waals surface area contributed by atoms with Crippen molar-refractivity contribution in [1.29, 1.82) is 0 Å². The summed E-state index contributed by atoms with van der Waals surface area (Å²) in [5.41, 5.74) is 0.208. The number of ether oxygens (including phenoxy) is 2. The molecule has 2 rings (SSSR count). The number of benzene rings is 1. The van der Waals surface area contributed by atoms with E-state index in [0.29, 0.717) is 28.3 Å². The molecular weight excluding hydrogens is 346 g/mol. The summed E-state index contributed by atoms with van der Waals surface area (Å²) in [7, 11) is 3.03. The average Bonchev–Trinajstić information content (AvgIpc) is 2.62. The zero-order valence-corrected chi connectivity index (χ0v) is 16.7. The molecule has 1 N–H and O–H groups in total. The first kappa shape index (κ1) is 20.7. The number of nitrogens with one attached hydrogen (secondary N) is 1. The Morgan fingerprint density at radius 3 is 2.44 bits per heavy atom. The van der Waals surface area contributed by atoms with E-state index >= 15 is 0 Å². The van der Waals surface area contributed by atoms with E-state index in [-0.39, 0.29) is 24.1 Å². The van der Waals surface area contributed by atoms with Crippen molar-refractivity contribution >= 4 is 16.8 Å². The number of fused-ring (bicyclic) bond motifs is 1. The van der Waals surface area contributed by atoms with Crippen LogP contribution in [-0.4, -0.2) is 35.7 Å². The molecule has 1 heterocycles. The van der Waals surface area contributed by atoms with E-state index in [0.717, 1.165) is 19.3 Å². The second kappa shape index (κ2) is 9.39. The van der Waals surface area contributed by atoms with Gasteiger partial charge in [0.05, 0.1) is 31.4 Å². The lowest BCUT2D eigenvalue weighted by Crippen LogP contribution is -2.37. The molecule has 7 heteroatoms. The van der Waals surface area contributed by atoms with Crippen molar-refractivity contribution in [2.24, 2.45) is 5.92 Å². The molecule has 0 fully saturated rings. The predicted octanol–water partition coefficient (Wildman–Crippen LogP) is 2.74. The first-order chi connectivity index (χ1) is 12.8. The minimum Gasteiger partial charge on any atom is -0.493 e. The molecule has 0 bridgehead atoms. The van der Waals surface area contributed by atoms with Gasteiger partial charge in [-0.05, 0) is 25.3 Å². The monoisotopic (exact) mass is 375 g/mol. The van der Waals surface area contributed by atoms with Gasteiger partial charge in [-0.15, -0.1) is 0 Å². The number of amides is 1. The molecule has 0 aliphatic rings. The fourth-order valence-corrected chi connectivity index (χ4v) is 2.98. The van der Waals surface area contributed by atoms with Crippen molar-refractivity contribution in [1.82, 2.24) is 14.9 Å². The summed E-state index contributed by atoms with van der Waals surface area (Å²) in [5, 5.41) is 3.33. The minimum absolute atomic E-state index is 0.0648. The summed E-state index contributed by atoms with van der Waals surface area (Å²) in [6.07, 6.45) is 4.52. The second-order valence-electron chi connectivity index (χ2n) is 7.20. The van der Waals surface area contributed by atoms with Crippen LogP contribution in [0.15, 0.2) is 23.3 Å². The van der Waals surface area contributed by atoms with Gasteiger partial charge in [-0.1, -0.05) is 26.7 Å². The normalized spacial score (nSPS) is 12.2. The molecule has 0 aliphatic carbocycles. The summed E-state index contributed by atoms with van der Waals surface area (Å²) in [6.45, 7) is 6.29. The van der Waals surface area contributed by atoms with Gasteiger partial charge in [0.15, 0.2) is 11.5 Å². The minimum atomic E-state index is -0.288. The van der Waals surface area contributed by atoms with Crippen LogP contribution in [0.4, 0.5) is 0 Å². The van der Waals surface area contributed by atoms with Gasteiger partial charge in [0.1, 0.15) is 6.54 Å². The van der Waals surface area contributed by atoms with Crippen LogP contribution in [0.5, 0.6) is 11.5 Å². The standard InChI is InChI=1S/C20H29N3O4/c1-13(2)7-6-8-14(3)22-19(24)11-23-12-21-16-10-18(27-5)17(26-4)9-15(16)20(23)25/h9-10,12-14H,6-8,11H2,1-5H3,(H,22,24)/t14-/m1/s1. The first-order valence-corrected chi connectivity index (χ1v) is 9.26. The van der Waals surface area contributed by atoms with Crippen molar-refractivity contribution in [2.45, 2.75) is 52.6 Å². The number of rotatable bonds is 9. The molecule has 1 atom stereocenters. The summed E-state index contributed by atoms with van der Waals surface area (Å²) in [5.74, 6) is 1.41. The molecule has 0 unspecified atom stereocenters. The fraction of sp³-hybridized carbons (Fsp3) is 0.550. The van der Waals surface area contributed by atoms with Crippen LogP contribution >= 0.6 is 0 Å². The van der Waals surface area contributed by atoms with Gasteiger partial charge in [-0.3, -0.25) is 14.2 Å². The van der Waals surface area contributed by atoms with Gasteiger partial charge >= 0.3 is 0 Å². The largest absolute Gasteiger partial charge is 0.493 e. The van der Waals surface area contributed by atoms with Gasteiger partial charge in [0, 0.05) is 12.1 Å². The van der Waals surface area contributed by atoms with E-state index < -0.39 is 0 Å². The van der Waals surface area contributed by atoms with Gasteiger partial charge < -0.3 is 14.8 Å². The molecule has 1 amide bonds. The Hall–Kier alpha value is -2.57.